The number of nitrogens with zero attached hydrogens (tertiary/aromatic N) is 3. The molecule has 0 fully saturated rings. The van der Waals surface area contributed by atoms with E-state index in [1.54, 1.807) is 10.7 Å². The van der Waals surface area contributed by atoms with E-state index in [0.29, 0.717) is 17.1 Å². The smallest absolute Gasteiger partial charge is 0.228 e. The Morgan fingerprint density at radius 2 is 2.05 bits per heavy atom. The zero-order valence-corrected chi connectivity index (χ0v) is 14.3. The maximum Gasteiger partial charge on any atom is 0.228 e. The average molecular weight is 321 g/mol. The van der Waals surface area contributed by atoms with Crippen LogP contribution in [0.1, 0.15) is 17.0 Å². The van der Waals surface area contributed by atoms with Gasteiger partial charge < -0.3 is 10.2 Å². The molecule has 6 heteroatoms. The minimum atomic E-state index is -0.0791. The van der Waals surface area contributed by atoms with Gasteiger partial charge in [-0.2, -0.15) is 5.10 Å². The van der Waals surface area contributed by atoms with E-state index in [9.17, 15) is 4.79 Å². The number of carbonyl (C=O) groups is 1. The van der Waals surface area contributed by atoms with Crippen molar-refractivity contribution >= 4 is 28.9 Å². The molecule has 1 amide bonds. The largest absolute Gasteiger partial charge is 0.376 e. The van der Waals surface area contributed by atoms with Crippen molar-refractivity contribution < 1.29 is 4.79 Å². The molecule has 0 saturated carbocycles. The molecular formula is C16H21ClN4O. The topological polar surface area (TPSA) is 50.2 Å². The number of aromatic nitrogens is 2. The molecule has 0 spiro atoms. The lowest BCUT2D eigenvalue weighted by Crippen LogP contribution is -2.18. The second kappa shape index (κ2) is 6.40. The fourth-order valence-corrected chi connectivity index (χ4v) is 2.60. The van der Waals surface area contributed by atoms with Crippen molar-refractivity contribution in [2.24, 2.45) is 7.05 Å². The quantitative estimate of drug-likeness (QED) is 0.942. The van der Waals surface area contributed by atoms with Gasteiger partial charge >= 0.3 is 0 Å². The van der Waals surface area contributed by atoms with Crippen LogP contribution in [-0.4, -0.2) is 29.8 Å². The zero-order valence-electron chi connectivity index (χ0n) is 13.6. The number of rotatable bonds is 4. The van der Waals surface area contributed by atoms with Gasteiger partial charge in [-0.15, -0.1) is 0 Å². The Bertz CT molecular complexity index is 706. The molecule has 0 bridgehead atoms. The maximum atomic E-state index is 12.4. The summed E-state index contributed by atoms with van der Waals surface area (Å²) in [6.07, 6.45) is 0.297. The lowest BCUT2D eigenvalue weighted by Gasteiger charge is -2.18. The third-order valence-electron chi connectivity index (χ3n) is 3.71. The molecule has 0 atom stereocenters. The molecule has 22 heavy (non-hydrogen) atoms. The molecule has 1 aromatic heterocycles. The number of benzene rings is 1. The van der Waals surface area contributed by atoms with Gasteiger partial charge in [0.05, 0.1) is 23.5 Å². The van der Waals surface area contributed by atoms with Crippen LogP contribution in [0.4, 0.5) is 11.4 Å². The van der Waals surface area contributed by atoms with Crippen molar-refractivity contribution in [1.82, 2.24) is 9.78 Å². The summed E-state index contributed by atoms with van der Waals surface area (Å²) >= 11 is 6.04. The molecule has 1 aromatic carbocycles. The Morgan fingerprint density at radius 1 is 1.36 bits per heavy atom. The highest BCUT2D eigenvalue weighted by Gasteiger charge is 2.15. The first kappa shape index (κ1) is 16.4. The molecule has 0 aliphatic heterocycles. The third-order valence-corrected chi connectivity index (χ3v) is 3.95. The number of hydrogen-bond acceptors (Lipinski definition) is 3. The first-order chi connectivity index (χ1) is 10.3. The third kappa shape index (κ3) is 3.42. The minimum Gasteiger partial charge on any atom is -0.376 e. The van der Waals surface area contributed by atoms with E-state index in [1.165, 1.54) is 0 Å². The second-order valence-electron chi connectivity index (χ2n) is 5.55. The van der Waals surface area contributed by atoms with Gasteiger partial charge in [0, 0.05) is 37.4 Å². The molecule has 0 saturated heterocycles. The van der Waals surface area contributed by atoms with Gasteiger partial charge in [0.2, 0.25) is 5.91 Å². The Balaban J connectivity index is 2.21. The summed E-state index contributed by atoms with van der Waals surface area (Å²) in [7, 11) is 5.73. The highest BCUT2D eigenvalue weighted by molar-refractivity contribution is 6.31. The lowest BCUT2D eigenvalue weighted by molar-refractivity contribution is -0.115. The Hall–Kier alpha value is -2.01. The molecule has 2 aromatic rings. The van der Waals surface area contributed by atoms with Gasteiger partial charge in [-0.05, 0) is 32.0 Å². The zero-order chi connectivity index (χ0) is 16.4. The van der Waals surface area contributed by atoms with E-state index in [2.05, 4.69) is 10.4 Å². The monoisotopic (exact) mass is 320 g/mol. The predicted octanol–water partition coefficient (Wildman–Crippen LogP) is 2.94. The van der Waals surface area contributed by atoms with Crippen LogP contribution in [0.3, 0.4) is 0 Å². The Labute approximate surface area is 135 Å². The van der Waals surface area contributed by atoms with Gasteiger partial charge in [0.25, 0.3) is 0 Å². The van der Waals surface area contributed by atoms with Gasteiger partial charge in [0.1, 0.15) is 0 Å². The van der Waals surface area contributed by atoms with Crippen molar-refractivity contribution in [3.63, 3.8) is 0 Å². The average Bonchev–Trinajstić information content (AvgIpc) is 2.65. The fraction of sp³-hybridized carbons (Fsp3) is 0.375. The van der Waals surface area contributed by atoms with Crippen molar-refractivity contribution in [2.45, 2.75) is 20.3 Å². The standard InChI is InChI=1S/C16H21ClN4O/c1-10-13(11(2)21(5)19-10)9-16(22)18-14-8-12(17)6-7-15(14)20(3)4/h6-8H,9H2,1-5H3,(H,18,22). The summed E-state index contributed by atoms with van der Waals surface area (Å²) in [4.78, 5) is 14.3. The van der Waals surface area contributed by atoms with E-state index >= 15 is 0 Å². The van der Waals surface area contributed by atoms with Gasteiger partial charge in [-0.3, -0.25) is 9.48 Å². The molecule has 0 radical (unpaired) electrons. The molecule has 1 heterocycles. The van der Waals surface area contributed by atoms with E-state index in [1.807, 2.05) is 52.0 Å². The van der Waals surface area contributed by atoms with Crippen LogP contribution in [0.2, 0.25) is 5.02 Å². The Morgan fingerprint density at radius 3 is 2.59 bits per heavy atom. The van der Waals surface area contributed by atoms with Crippen LogP contribution < -0.4 is 10.2 Å². The number of halogens is 1. The van der Waals surface area contributed by atoms with Crippen molar-refractivity contribution in [1.29, 1.82) is 0 Å². The highest BCUT2D eigenvalue weighted by Crippen LogP contribution is 2.28. The number of amides is 1. The van der Waals surface area contributed by atoms with Gasteiger partial charge in [0.15, 0.2) is 0 Å². The van der Waals surface area contributed by atoms with E-state index < -0.39 is 0 Å². The summed E-state index contributed by atoms with van der Waals surface area (Å²) < 4.78 is 1.79. The highest BCUT2D eigenvalue weighted by atomic mass is 35.5. The van der Waals surface area contributed by atoms with E-state index in [0.717, 1.165) is 22.6 Å². The number of carbonyl (C=O) groups excluding carboxylic acids is 1. The van der Waals surface area contributed by atoms with Crippen LogP contribution in [0.5, 0.6) is 0 Å². The molecule has 0 aliphatic carbocycles. The predicted molar refractivity (Wildman–Crippen MR) is 90.8 cm³/mol. The summed E-state index contributed by atoms with van der Waals surface area (Å²) in [6, 6.07) is 5.46. The number of nitrogens with one attached hydrogen (secondary N) is 1. The summed E-state index contributed by atoms with van der Waals surface area (Å²) in [6.45, 7) is 3.88. The van der Waals surface area contributed by atoms with Crippen LogP contribution in [0.15, 0.2) is 18.2 Å². The first-order valence-electron chi connectivity index (χ1n) is 7.05. The molecule has 0 unspecified atom stereocenters. The number of anilines is 2. The van der Waals surface area contributed by atoms with Crippen LogP contribution >= 0.6 is 11.6 Å². The van der Waals surface area contributed by atoms with Crippen LogP contribution in [-0.2, 0) is 18.3 Å². The van der Waals surface area contributed by atoms with Crippen molar-refractivity contribution in [2.75, 3.05) is 24.3 Å². The lowest BCUT2D eigenvalue weighted by atomic mass is 10.1. The van der Waals surface area contributed by atoms with Crippen LogP contribution in [0.25, 0.3) is 0 Å². The van der Waals surface area contributed by atoms with Crippen LogP contribution in [0, 0.1) is 13.8 Å². The first-order valence-corrected chi connectivity index (χ1v) is 7.43. The van der Waals surface area contributed by atoms with Crippen molar-refractivity contribution in [3.8, 4) is 0 Å². The molecule has 1 N–H and O–H groups in total. The molecule has 118 valence electrons. The molecule has 5 nitrogen and oxygen atoms in total. The maximum absolute atomic E-state index is 12.4. The SMILES string of the molecule is Cc1nn(C)c(C)c1CC(=O)Nc1cc(Cl)ccc1N(C)C. The van der Waals surface area contributed by atoms with Crippen molar-refractivity contribution in [3.05, 3.63) is 40.2 Å². The normalized spacial score (nSPS) is 10.6. The van der Waals surface area contributed by atoms with Gasteiger partial charge in [-0.1, -0.05) is 11.6 Å². The van der Waals surface area contributed by atoms with E-state index in [-0.39, 0.29) is 5.91 Å². The molecule has 2 rings (SSSR count). The molecule has 0 aliphatic rings. The fourth-order valence-electron chi connectivity index (χ4n) is 2.43. The Kier molecular flexibility index (Phi) is 4.76. The second-order valence-corrected chi connectivity index (χ2v) is 5.99. The van der Waals surface area contributed by atoms with E-state index in [4.69, 9.17) is 11.6 Å². The number of hydrogen-bond donors (Lipinski definition) is 1. The summed E-state index contributed by atoms with van der Waals surface area (Å²) in [5, 5.41) is 7.87. The summed E-state index contributed by atoms with van der Waals surface area (Å²) in [5.41, 5.74) is 4.48. The minimum absolute atomic E-state index is 0.0791. The molecular weight excluding hydrogens is 300 g/mol. The number of aryl methyl sites for hydroxylation is 2. The van der Waals surface area contributed by atoms with Gasteiger partial charge in [-0.25, -0.2) is 0 Å². The summed E-state index contributed by atoms with van der Waals surface area (Å²) in [5.74, 6) is -0.0791.